The van der Waals surface area contributed by atoms with Crippen molar-refractivity contribution in [1.29, 1.82) is 0 Å². The fourth-order valence-corrected chi connectivity index (χ4v) is 2.93. The molecule has 1 aromatic heterocycles. The zero-order valence-corrected chi connectivity index (χ0v) is 19.1. The van der Waals surface area contributed by atoms with Crippen molar-refractivity contribution in [3.63, 3.8) is 0 Å². The number of hydrogen-bond donors (Lipinski definition) is 3. The van der Waals surface area contributed by atoms with Crippen LogP contribution in [0.1, 0.15) is 24.5 Å². The Morgan fingerprint density at radius 3 is 2.79 bits per heavy atom. The Hall–Kier alpha value is -2.36. The molecule has 0 aliphatic carbocycles. The molecule has 156 valence electrons. The van der Waals surface area contributed by atoms with E-state index in [0.717, 1.165) is 24.3 Å². The van der Waals surface area contributed by atoms with Crippen molar-refractivity contribution in [2.24, 2.45) is 4.99 Å². The van der Waals surface area contributed by atoms with E-state index in [1.807, 2.05) is 38.1 Å². The van der Waals surface area contributed by atoms with E-state index in [1.165, 1.54) is 5.56 Å². The molecule has 1 aromatic carbocycles. The smallest absolute Gasteiger partial charge is 0.227 e. The van der Waals surface area contributed by atoms with E-state index in [0.29, 0.717) is 31.3 Å². The van der Waals surface area contributed by atoms with Crippen LogP contribution in [0, 0.1) is 6.92 Å². The molecule has 8 heteroatoms. The number of benzene rings is 1. The molecule has 0 saturated carbocycles. The number of carbonyl (C=O) groups is 1. The second kappa shape index (κ2) is 11.6. The van der Waals surface area contributed by atoms with Gasteiger partial charge in [-0.3, -0.25) is 4.79 Å². The maximum absolute atomic E-state index is 12.1. The van der Waals surface area contributed by atoms with E-state index >= 15 is 0 Å². The first kappa shape index (κ1) is 22.9. The van der Waals surface area contributed by atoms with E-state index in [4.69, 9.17) is 4.74 Å². The third-order valence-electron chi connectivity index (χ3n) is 4.33. The summed E-state index contributed by atoms with van der Waals surface area (Å²) < 4.78 is 5.92. The van der Waals surface area contributed by atoms with Gasteiger partial charge in [0.2, 0.25) is 5.91 Å². The highest BCUT2D eigenvalue weighted by molar-refractivity contribution is 14.0. The monoisotopic (exact) mass is 509 g/mol. The zero-order valence-electron chi connectivity index (χ0n) is 16.8. The normalized spacial score (nSPS) is 15.0. The first-order valence-electron chi connectivity index (χ1n) is 9.63. The van der Waals surface area contributed by atoms with Gasteiger partial charge in [-0.25, -0.2) is 9.98 Å². The number of aliphatic imine (C=N–C) groups is 1. The third-order valence-corrected chi connectivity index (χ3v) is 4.33. The number of anilines is 1. The van der Waals surface area contributed by atoms with E-state index < -0.39 is 0 Å². The van der Waals surface area contributed by atoms with Crippen LogP contribution >= 0.6 is 24.0 Å². The average Bonchev–Trinajstić information content (AvgIpc) is 3.11. The first-order valence-corrected chi connectivity index (χ1v) is 9.63. The lowest BCUT2D eigenvalue weighted by atomic mass is 10.1. The van der Waals surface area contributed by atoms with Crippen LogP contribution < -0.4 is 20.7 Å². The van der Waals surface area contributed by atoms with Crippen LogP contribution in [0.4, 0.5) is 5.82 Å². The van der Waals surface area contributed by atoms with Crippen LogP contribution in [0.25, 0.3) is 0 Å². The summed E-state index contributed by atoms with van der Waals surface area (Å²) in [4.78, 5) is 20.8. The number of guanidine groups is 1. The van der Waals surface area contributed by atoms with Crippen molar-refractivity contribution in [2.45, 2.75) is 32.8 Å². The highest BCUT2D eigenvalue weighted by atomic mass is 127. The minimum Gasteiger partial charge on any atom is -0.488 e. The van der Waals surface area contributed by atoms with Gasteiger partial charge in [0, 0.05) is 32.1 Å². The van der Waals surface area contributed by atoms with E-state index in [9.17, 15) is 4.79 Å². The zero-order chi connectivity index (χ0) is 19.8. The van der Waals surface area contributed by atoms with E-state index in [2.05, 4.69) is 32.0 Å². The average molecular weight is 509 g/mol. The quantitative estimate of drug-likeness (QED) is 0.304. The summed E-state index contributed by atoms with van der Waals surface area (Å²) >= 11 is 0. The number of hydrogen-bond acceptors (Lipinski definition) is 4. The van der Waals surface area contributed by atoms with Gasteiger partial charge in [-0.1, -0.05) is 24.3 Å². The highest BCUT2D eigenvalue weighted by Gasteiger charge is 2.21. The molecule has 1 aliphatic heterocycles. The molecule has 1 aliphatic rings. The molecule has 3 N–H and O–H groups in total. The summed E-state index contributed by atoms with van der Waals surface area (Å²) in [6.45, 7) is 5.75. The second-order valence-corrected chi connectivity index (χ2v) is 6.72. The lowest BCUT2D eigenvalue weighted by Crippen LogP contribution is -2.39. The van der Waals surface area contributed by atoms with Gasteiger partial charge >= 0.3 is 0 Å². The van der Waals surface area contributed by atoms with Gasteiger partial charge in [0.25, 0.3) is 0 Å². The van der Waals surface area contributed by atoms with Crippen LogP contribution in [0.15, 0.2) is 47.6 Å². The number of aryl methyl sites for hydroxylation is 1. The van der Waals surface area contributed by atoms with E-state index in [-0.39, 0.29) is 36.0 Å². The third kappa shape index (κ3) is 7.19. The molecular weight excluding hydrogens is 481 g/mol. The summed E-state index contributed by atoms with van der Waals surface area (Å²) in [5.74, 6) is 2.11. The molecule has 2 aromatic rings. The molecule has 1 amide bonds. The van der Waals surface area contributed by atoms with E-state index in [1.54, 1.807) is 12.3 Å². The van der Waals surface area contributed by atoms with Gasteiger partial charge < -0.3 is 20.7 Å². The first-order chi connectivity index (χ1) is 13.6. The Labute approximate surface area is 188 Å². The Kier molecular flexibility index (Phi) is 9.17. The molecule has 0 spiro atoms. The van der Waals surface area contributed by atoms with Gasteiger partial charge in [0.15, 0.2) is 5.96 Å². The molecule has 3 rings (SSSR count). The van der Waals surface area contributed by atoms with Crippen molar-refractivity contribution < 1.29 is 9.53 Å². The molecule has 7 nitrogen and oxygen atoms in total. The number of aromatic nitrogens is 1. The number of rotatable bonds is 7. The fourth-order valence-electron chi connectivity index (χ4n) is 2.93. The van der Waals surface area contributed by atoms with Crippen LogP contribution in [0.2, 0.25) is 0 Å². The highest BCUT2D eigenvalue weighted by Crippen LogP contribution is 2.28. The molecular formula is C21H28IN5O2. The number of nitrogens with zero attached hydrogens (tertiary/aromatic N) is 2. The number of pyridine rings is 1. The Balaban J connectivity index is 0.00000300. The molecule has 0 saturated heterocycles. The second-order valence-electron chi connectivity index (χ2n) is 6.72. The number of fused-ring (bicyclic) bond motifs is 1. The lowest BCUT2D eigenvalue weighted by molar-refractivity contribution is -0.116. The maximum Gasteiger partial charge on any atom is 0.227 e. The standard InChI is InChI=1S/C21H27N5O2.HI/c1-3-22-21(25-14-17-12-16-6-4-5-7-18(16)28-17)23-11-10-20(27)26-19-9-8-15(2)13-24-19;/h4-9,13,17H,3,10-12,14H2,1-2H3,(H2,22,23,25)(H,24,26,27);1H. The SMILES string of the molecule is CCNC(=NCC1Cc2ccccc2O1)NCCC(=O)Nc1ccc(C)cn1.I. The van der Waals surface area contributed by atoms with Gasteiger partial charge in [-0.2, -0.15) is 0 Å². The van der Waals surface area contributed by atoms with Crippen LogP contribution in [-0.4, -0.2) is 42.6 Å². The Bertz CT molecular complexity index is 801. The number of amides is 1. The summed E-state index contributed by atoms with van der Waals surface area (Å²) in [6.07, 6.45) is 2.97. The molecule has 29 heavy (non-hydrogen) atoms. The van der Waals surface area contributed by atoms with Gasteiger partial charge in [0.05, 0.1) is 6.54 Å². The van der Waals surface area contributed by atoms with Crippen molar-refractivity contribution in [3.8, 4) is 5.75 Å². The van der Waals surface area contributed by atoms with Crippen molar-refractivity contribution in [3.05, 3.63) is 53.7 Å². The number of halogens is 1. The molecule has 2 heterocycles. The molecule has 0 radical (unpaired) electrons. The number of ether oxygens (including phenoxy) is 1. The predicted octanol–water partition coefficient (Wildman–Crippen LogP) is 2.90. The fraction of sp³-hybridized carbons (Fsp3) is 0.381. The maximum atomic E-state index is 12.1. The summed E-state index contributed by atoms with van der Waals surface area (Å²) in [5, 5.41) is 9.18. The van der Waals surface area contributed by atoms with Crippen molar-refractivity contribution >= 4 is 41.7 Å². The van der Waals surface area contributed by atoms with Crippen LogP contribution in [-0.2, 0) is 11.2 Å². The molecule has 0 fully saturated rings. The van der Waals surface area contributed by atoms with Gasteiger partial charge in [-0.05, 0) is 37.1 Å². The van der Waals surface area contributed by atoms with Crippen molar-refractivity contribution in [1.82, 2.24) is 15.6 Å². The largest absolute Gasteiger partial charge is 0.488 e. The summed E-state index contributed by atoms with van der Waals surface area (Å²) in [7, 11) is 0. The minimum absolute atomic E-state index is 0. The molecule has 1 atom stereocenters. The number of para-hydroxylation sites is 1. The molecule has 0 bridgehead atoms. The summed E-state index contributed by atoms with van der Waals surface area (Å²) in [6, 6.07) is 11.8. The Morgan fingerprint density at radius 1 is 1.24 bits per heavy atom. The van der Waals surface area contributed by atoms with Gasteiger partial charge in [-0.15, -0.1) is 24.0 Å². The van der Waals surface area contributed by atoms with Crippen LogP contribution in [0.5, 0.6) is 5.75 Å². The minimum atomic E-state index is -0.0886. The lowest BCUT2D eigenvalue weighted by Gasteiger charge is -2.13. The number of carbonyl (C=O) groups excluding carboxylic acids is 1. The predicted molar refractivity (Wildman–Crippen MR) is 126 cm³/mol. The topological polar surface area (TPSA) is 87.6 Å². The van der Waals surface area contributed by atoms with Crippen LogP contribution in [0.3, 0.4) is 0 Å². The van der Waals surface area contributed by atoms with Gasteiger partial charge in [0.1, 0.15) is 17.7 Å². The summed E-state index contributed by atoms with van der Waals surface area (Å²) in [5.41, 5.74) is 2.28. The molecule has 1 unspecified atom stereocenters. The van der Waals surface area contributed by atoms with Crippen molar-refractivity contribution in [2.75, 3.05) is 25.0 Å². The Morgan fingerprint density at radius 2 is 2.07 bits per heavy atom. The number of nitrogens with one attached hydrogen (secondary N) is 3.